The Morgan fingerprint density at radius 1 is 1.17 bits per heavy atom. The third-order valence-corrected chi connectivity index (χ3v) is 6.58. The average Bonchev–Trinajstić information content (AvgIpc) is 3.29. The summed E-state index contributed by atoms with van der Waals surface area (Å²) in [7, 11) is 0.931. The summed E-state index contributed by atoms with van der Waals surface area (Å²) < 4.78 is 14.4. The summed E-state index contributed by atoms with van der Waals surface area (Å²) in [6, 6.07) is 12.1. The van der Waals surface area contributed by atoms with Crippen molar-refractivity contribution in [3.05, 3.63) is 53.1 Å². The molecule has 0 aromatic heterocycles. The molecule has 1 aliphatic heterocycles. The number of carbonyl (C=O) groups excluding carboxylic acids is 1. The maximum atomic E-state index is 13.1. The Labute approximate surface area is 175 Å². The van der Waals surface area contributed by atoms with Gasteiger partial charge in [0.1, 0.15) is 11.0 Å². The van der Waals surface area contributed by atoms with Gasteiger partial charge in [-0.1, -0.05) is 31.0 Å². The predicted octanol–water partition coefficient (Wildman–Crippen LogP) is 4.36. The van der Waals surface area contributed by atoms with Gasteiger partial charge in [0.15, 0.2) is 0 Å². The lowest BCUT2D eigenvalue weighted by molar-refractivity contribution is -0.000415. The summed E-state index contributed by atoms with van der Waals surface area (Å²) in [5.41, 5.74) is 5.90. The number of benzene rings is 2. The van der Waals surface area contributed by atoms with Gasteiger partial charge in [0, 0.05) is 31.1 Å². The molecule has 0 spiro atoms. The number of fused-ring (bicyclic) bond motifs is 1. The second-order valence-electron chi connectivity index (χ2n) is 8.32. The minimum atomic E-state index is -1.11. The Hall–Kier alpha value is -2.18. The molecule has 0 radical (unpaired) electrons. The summed E-state index contributed by atoms with van der Waals surface area (Å²) in [5.74, 6) is 0.814. The largest absolute Gasteiger partial charge is 0.305 e. The van der Waals surface area contributed by atoms with Gasteiger partial charge in [-0.05, 0) is 66.1 Å². The fourth-order valence-electron chi connectivity index (χ4n) is 4.69. The van der Waals surface area contributed by atoms with Crippen LogP contribution in [0.15, 0.2) is 36.4 Å². The molecule has 29 heavy (non-hydrogen) atoms. The van der Waals surface area contributed by atoms with Crippen LogP contribution in [-0.2, 0) is 17.5 Å². The molecule has 1 fully saturated rings. The van der Waals surface area contributed by atoms with Crippen molar-refractivity contribution in [2.45, 2.75) is 39.2 Å². The number of carbonyl (C=O) groups is 1. The summed E-state index contributed by atoms with van der Waals surface area (Å²) in [5, 5.41) is 4.02. The molecule has 4 rings (SSSR count). The highest BCUT2D eigenvalue weighted by Gasteiger charge is 2.33. The van der Waals surface area contributed by atoms with Gasteiger partial charge in [0.05, 0.1) is 6.54 Å². The number of anilines is 1. The molecule has 2 aliphatic rings. The Bertz CT molecular complexity index is 953. The van der Waals surface area contributed by atoms with Crippen molar-refractivity contribution >= 4 is 22.6 Å². The molecular weight excluding hydrogens is 382 g/mol. The SMILES string of the molecule is Cc1cc(-c2cccc(NS(C)=O)c2)cc2c1C(=O)N(N(C)CC1CCCC1)C2. The molecule has 0 saturated heterocycles. The van der Waals surface area contributed by atoms with Gasteiger partial charge < -0.3 is 4.72 Å². The van der Waals surface area contributed by atoms with Crippen LogP contribution in [0.5, 0.6) is 0 Å². The number of hydrogen-bond donors (Lipinski definition) is 1. The van der Waals surface area contributed by atoms with Crippen LogP contribution >= 0.6 is 0 Å². The van der Waals surface area contributed by atoms with Crippen LogP contribution in [0, 0.1) is 12.8 Å². The molecule has 1 unspecified atom stereocenters. The van der Waals surface area contributed by atoms with Gasteiger partial charge in [0.25, 0.3) is 5.91 Å². The highest BCUT2D eigenvalue weighted by Crippen LogP contribution is 2.34. The Balaban J connectivity index is 1.58. The molecule has 1 saturated carbocycles. The zero-order valence-electron chi connectivity index (χ0n) is 17.4. The van der Waals surface area contributed by atoms with Gasteiger partial charge in [-0.3, -0.25) is 9.80 Å². The fourth-order valence-corrected chi connectivity index (χ4v) is 5.15. The van der Waals surface area contributed by atoms with E-state index in [4.69, 9.17) is 0 Å². The van der Waals surface area contributed by atoms with E-state index in [0.717, 1.165) is 40.0 Å². The van der Waals surface area contributed by atoms with E-state index >= 15 is 0 Å². The molecule has 6 heteroatoms. The normalized spacial score (nSPS) is 17.8. The van der Waals surface area contributed by atoms with Crippen LogP contribution in [0.4, 0.5) is 5.69 Å². The minimum Gasteiger partial charge on any atom is -0.305 e. The van der Waals surface area contributed by atoms with Crippen LogP contribution < -0.4 is 4.72 Å². The van der Waals surface area contributed by atoms with Gasteiger partial charge in [-0.2, -0.15) is 0 Å². The maximum Gasteiger partial charge on any atom is 0.269 e. The number of nitrogens with zero attached hydrogens (tertiary/aromatic N) is 2. The van der Waals surface area contributed by atoms with E-state index < -0.39 is 11.0 Å². The lowest BCUT2D eigenvalue weighted by Crippen LogP contribution is -2.42. The van der Waals surface area contributed by atoms with Crippen molar-refractivity contribution in [1.82, 2.24) is 10.0 Å². The zero-order valence-corrected chi connectivity index (χ0v) is 18.2. The summed E-state index contributed by atoms with van der Waals surface area (Å²) in [6.45, 7) is 3.60. The molecular formula is C23H29N3O2S. The standard InChI is InChI=1S/C23H29N3O2S/c1-16-11-19(18-9-6-10-21(13-18)24-29(3)28)12-20-15-26(23(27)22(16)20)25(2)14-17-7-4-5-8-17/h6,9-13,17,24H,4-5,7-8,14-15H2,1-3H3. The van der Waals surface area contributed by atoms with Crippen molar-refractivity contribution in [1.29, 1.82) is 0 Å². The Kier molecular flexibility index (Phi) is 5.74. The van der Waals surface area contributed by atoms with E-state index in [1.165, 1.54) is 25.7 Å². The highest BCUT2D eigenvalue weighted by molar-refractivity contribution is 7.85. The first-order valence-electron chi connectivity index (χ1n) is 10.3. The van der Waals surface area contributed by atoms with E-state index in [-0.39, 0.29) is 5.91 Å². The topological polar surface area (TPSA) is 52.7 Å². The van der Waals surface area contributed by atoms with E-state index in [1.54, 1.807) is 6.26 Å². The van der Waals surface area contributed by atoms with E-state index in [1.807, 2.05) is 43.2 Å². The van der Waals surface area contributed by atoms with Gasteiger partial charge in [-0.25, -0.2) is 9.22 Å². The lowest BCUT2D eigenvalue weighted by atomic mass is 9.96. The molecule has 0 bridgehead atoms. The molecule has 1 heterocycles. The molecule has 2 aromatic carbocycles. The average molecular weight is 412 g/mol. The summed E-state index contributed by atoms with van der Waals surface area (Å²) in [4.78, 5) is 13.1. The smallest absolute Gasteiger partial charge is 0.269 e. The van der Waals surface area contributed by atoms with Crippen molar-refractivity contribution in [3.63, 3.8) is 0 Å². The van der Waals surface area contributed by atoms with Crippen LogP contribution in [0.1, 0.15) is 47.2 Å². The molecule has 5 nitrogen and oxygen atoms in total. The fraction of sp³-hybridized carbons (Fsp3) is 0.435. The molecule has 1 atom stereocenters. The Morgan fingerprint density at radius 3 is 2.66 bits per heavy atom. The number of hydrogen-bond acceptors (Lipinski definition) is 3. The third kappa shape index (κ3) is 4.23. The maximum absolute atomic E-state index is 13.1. The third-order valence-electron chi connectivity index (χ3n) is 6.05. The number of amides is 1. The van der Waals surface area contributed by atoms with Gasteiger partial charge >= 0.3 is 0 Å². The lowest BCUT2D eigenvalue weighted by Gasteiger charge is -2.30. The molecule has 1 amide bonds. The van der Waals surface area contributed by atoms with Crippen LogP contribution in [-0.4, -0.2) is 40.0 Å². The van der Waals surface area contributed by atoms with Gasteiger partial charge in [-0.15, -0.1) is 0 Å². The minimum absolute atomic E-state index is 0.112. The molecule has 154 valence electrons. The van der Waals surface area contributed by atoms with Crippen molar-refractivity contribution < 1.29 is 9.00 Å². The van der Waals surface area contributed by atoms with Crippen LogP contribution in [0.25, 0.3) is 11.1 Å². The second-order valence-corrected chi connectivity index (χ2v) is 9.43. The first kappa shape index (κ1) is 20.1. The van der Waals surface area contributed by atoms with Crippen molar-refractivity contribution in [2.75, 3.05) is 24.6 Å². The monoisotopic (exact) mass is 411 g/mol. The highest BCUT2D eigenvalue weighted by atomic mass is 32.2. The van der Waals surface area contributed by atoms with Crippen molar-refractivity contribution in [2.24, 2.45) is 5.92 Å². The Morgan fingerprint density at radius 2 is 1.93 bits per heavy atom. The van der Waals surface area contributed by atoms with Crippen LogP contribution in [0.3, 0.4) is 0 Å². The molecule has 1 N–H and O–H groups in total. The number of nitrogens with one attached hydrogen (secondary N) is 1. The number of hydrazine groups is 1. The van der Waals surface area contributed by atoms with Gasteiger partial charge in [0.2, 0.25) is 0 Å². The van der Waals surface area contributed by atoms with Crippen LogP contribution in [0.2, 0.25) is 0 Å². The first-order valence-corrected chi connectivity index (χ1v) is 11.8. The van der Waals surface area contributed by atoms with E-state index in [9.17, 15) is 9.00 Å². The predicted molar refractivity (Wildman–Crippen MR) is 119 cm³/mol. The number of aryl methyl sites for hydroxylation is 1. The quantitative estimate of drug-likeness (QED) is 0.768. The molecule has 1 aliphatic carbocycles. The van der Waals surface area contributed by atoms with E-state index in [2.05, 4.69) is 21.9 Å². The summed E-state index contributed by atoms with van der Waals surface area (Å²) >= 11 is 0. The zero-order chi connectivity index (χ0) is 20.5. The summed E-state index contributed by atoms with van der Waals surface area (Å²) in [6.07, 6.45) is 6.79. The van der Waals surface area contributed by atoms with E-state index in [0.29, 0.717) is 12.5 Å². The first-order chi connectivity index (χ1) is 13.9. The van der Waals surface area contributed by atoms with Crippen molar-refractivity contribution in [3.8, 4) is 11.1 Å². The molecule has 2 aromatic rings. The second kappa shape index (κ2) is 8.28. The number of rotatable bonds is 6.